The van der Waals surface area contributed by atoms with Crippen LogP contribution in [-0.4, -0.2) is 23.1 Å². The van der Waals surface area contributed by atoms with Gasteiger partial charge in [0.05, 0.1) is 11.8 Å². The highest BCUT2D eigenvalue weighted by molar-refractivity contribution is 6.03. The zero-order chi connectivity index (χ0) is 15.5. The number of hydrogen-bond acceptors (Lipinski definition) is 3. The van der Waals surface area contributed by atoms with Gasteiger partial charge < -0.3 is 15.2 Å². The molecule has 20 heavy (non-hydrogen) atoms. The number of carbonyl (C=O) groups is 2. The van der Waals surface area contributed by atoms with Crippen molar-refractivity contribution >= 4 is 17.6 Å². The van der Waals surface area contributed by atoms with Gasteiger partial charge in [0.2, 0.25) is 5.91 Å². The molecule has 0 unspecified atom stereocenters. The van der Waals surface area contributed by atoms with Crippen LogP contribution in [0.5, 0.6) is 5.75 Å². The summed E-state index contributed by atoms with van der Waals surface area (Å²) in [6.45, 7) is 8.91. The molecule has 0 bridgehead atoms. The Kier molecular flexibility index (Phi) is 4.76. The molecule has 1 rings (SSSR count). The lowest BCUT2D eigenvalue weighted by molar-refractivity contribution is -0.123. The Morgan fingerprint density at radius 3 is 2.30 bits per heavy atom. The molecule has 0 spiro atoms. The van der Waals surface area contributed by atoms with E-state index in [1.807, 2.05) is 13.8 Å². The Labute approximate surface area is 118 Å². The molecule has 110 valence electrons. The summed E-state index contributed by atoms with van der Waals surface area (Å²) in [6.07, 6.45) is -0.151. The molecule has 0 aliphatic carbocycles. The highest BCUT2D eigenvalue weighted by Crippen LogP contribution is 2.29. The number of hydrogen-bond donors (Lipinski definition) is 2. The first-order chi connectivity index (χ1) is 9.12. The molecule has 0 fully saturated rings. The minimum Gasteiger partial charge on any atom is -0.490 e. The van der Waals surface area contributed by atoms with Crippen molar-refractivity contribution in [3.05, 3.63) is 23.8 Å². The van der Waals surface area contributed by atoms with Crippen LogP contribution >= 0.6 is 0 Å². The van der Waals surface area contributed by atoms with Crippen LogP contribution < -0.4 is 10.1 Å². The smallest absolute Gasteiger partial charge is 0.341 e. The van der Waals surface area contributed by atoms with Gasteiger partial charge in [-0.3, -0.25) is 4.79 Å². The molecule has 1 aromatic carbocycles. The first-order valence-electron chi connectivity index (χ1n) is 6.47. The van der Waals surface area contributed by atoms with Gasteiger partial charge in [-0.05, 0) is 26.0 Å². The Hall–Kier alpha value is -2.04. The first kappa shape index (κ1) is 16.0. The minimum absolute atomic E-state index is 0.0289. The van der Waals surface area contributed by atoms with E-state index in [1.54, 1.807) is 39.0 Å². The van der Waals surface area contributed by atoms with E-state index in [4.69, 9.17) is 4.74 Å². The molecule has 0 atom stereocenters. The molecule has 0 radical (unpaired) electrons. The second-order valence-corrected chi connectivity index (χ2v) is 5.85. The van der Waals surface area contributed by atoms with Crippen molar-refractivity contribution in [2.45, 2.75) is 40.7 Å². The third-order valence-electron chi connectivity index (χ3n) is 2.53. The molecule has 1 aromatic rings. The largest absolute Gasteiger partial charge is 0.490 e. The van der Waals surface area contributed by atoms with E-state index in [2.05, 4.69) is 5.32 Å². The van der Waals surface area contributed by atoms with Gasteiger partial charge in [-0.25, -0.2) is 4.79 Å². The fourth-order valence-electron chi connectivity index (χ4n) is 1.52. The molecule has 0 aromatic heterocycles. The van der Waals surface area contributed by atoms with Crippen molar-refractivity contribution in [3.8, 4) is 5.75 Å². The summed E-state index contributed by atoms with van der Waals surface area (Å²) >= 11 is 0. The van der Waals surface area contributed by atoms with Crippen molar-refractivity contribution < 1.29 is 19.4 Å². The highest BCUT2D eigenvalue weighted by atomic mass is 16.5. The monoisotopic (exact) mass is 279 g/mol. The molecule has 0 aliphatic heterocycles. The molecular formula is C15H21NO4. The van der Waals surface area contributed by atoms with Crippen molar-refractivity contribution in [3.63, 3.8) is 0 Å². The van der Waals surface area contributed by atoms with E-state index >= 15 is 0 Å². The van der Waals surface area contributed by atoms with Gasteiger partial charge in [-0.15, -0.1) is 0 Å². The number of nitrogens with one attached hydrogen (secondary N) is 1. The van der Waals surface area contributed by atoms with Crippen LogP contribution in [0.25, 0.3) is 0 Å². The summed E-state index contributed by atoms with van der Waals surface area (Å²) in [5, 5.41) is 12.0. The molecule has 0 heterocycles. The number of carboxylic acid groups (broad SMARTS) is 1. The molecule has 5 nitrogen and oxygen atoms in total. The number of carbonyl (C=O) groups excluding carboxylic acids is 1. The third-order valence-corrected chi connectivity index (χ3v) is 2.53. The fourth-order valence-corrected chi connectivity index (χ4v) is 1.52. The van der Waals surface area contributed by atoms with E-state index in [-0.39, 0.29) is 29.0 Å². The van der Waals surface area contributed by atoms with Crippen LogP contribution in [0.3, 0.4) is 0 Å². The number of rotatable bonds is 4. The van der Waals surface area contributed by atoms with Crippen LogP contribution in [0.15, 0.2) is 18.2 Å². The van der Waals surface area contributed by atoms with E-state index in [0.29, 0.717) is 0 Å². The third kappa shape index (κ3) is 3.98. The fraction of sp³-hybridized carbons (Fsp3) is 0.467. The summed E-state index contributed by atoms with van der Waals surface area (Å²) in [4.78, 5) is 23.4. The number of amides is 1. The van der Waals surface area contributed by atoms with Gasteiger partial charge >= 0.3 is 5.97 Å². The Morgan fingerprint density at radius 2 is 1.85 bits per heavy atom. The van der Waals surface area contributed by atoms with E-state index in [0.717, 1.165) is 0 Å². The second kappa shape index (κ2) is 5.94. The molecule has 2 N–H and O–H groups in total. The predicted molar refractivity (Wildman–Crippen MR) is 77.3 cm³/mol. The van der Waals surface area contributed by atoms with Crippen molar-refractivity contribution in [2.24, 2.45) is 5.41 Å². The van der Waals surface area contributed by atoms with E-state index in [1.165, 1.54) is 0 Å². The van der Waals surface area contributed by atoms with Gasteiger partial charge in [0.15, 0.2) is 0 Å². The lowest BCUT2D eigenvalue weighted by Gasteiger charge is -2.20. The van der Waals surface area contributed by atoms with Crippen LogP contribution in [0.4, 0.5) is 5.69 Å². The maximum absolute atomic E-state index is 12.0. The lowest BCUT2D eigenvalue weighted by atomic mass is 9.95. The minimum atomic E-state index is -1.13. The van der Waals surface area contributed by atoms with Crippen LogP contribution in [0.2, 0.25) is 0 Å². The molecule has 1 amide bonds. The molecule has 0 aliphatic rings. The number of ether oxygens (including phenoxy) is 1. The van der Waals surface area contributed by atoms with Crippen molar-refractivity contribution in [1.29, 1.82) is 0 Å². The highest BCUT2D eigenvalue weighted by Gasteiger charge is 2.25. The SMILES string of the molecule is CC(C)Oc1cccc(NC(=O)C(C)(C)C)c1C(=O)O. The van der Waals surface area contributed by atoms with E-state index in [9.17, 15) is 14.7 Å². The van der Waals surface area contributed by atoms with Gasteiger partial charge in [0.25, 0.3) is 0 Å². The van der Waals surface area contributed by atoms with Gasteiger partial charge in [0.1, 0.15) is 11.3 Å². The summed E-state index contributed by atoms with van der Waals surface area (Å²) in [6, 6.07) is 4.79. The number of benzene rings is 1. The van der Waals surface area contributed by atoms with E-state index < -0.39 is 11.4 Å². The second-order valence-electron chi connectivity index (χ2n) is 5.85. The molecule has 0 saturated heterocycles. The van der Waals surface area contributed by atoms with Gasteiger partial charge in [-0.1, -0.05) is 26.8 Å². The summed E-state index contributed by atoms with van der Waals surface area (Å²) < 4.78 is 5.48. The quantitative estimate of drug-likeness (QED) is 0.887. The first-order valence-corrected chi connectivity index (χ1v) is 6.47. The zero-order valence-electron chi connectivity index (χ0n) is 12.5. The average Bonchev–Trinajstić information content (AvgIpc) is 2.26. The standard InChI is InChI=1S/C15H21NO4/c1-9(2)20-11-8-6-7-10(12(11)13(17)18)16-14(19)15(3,4)5/h6-9H,1-5H3,(H,16,19)(H,17,18). The van der Waals surface area contributed by atoms with Crippen molar-refractivity contribution in [2.75, 3.05) is 5.32 Å². The van der Waals surface area contributed by atoms with Gasteiger partial charge in [0, 0.05) is 5.41 Å². The molecule has 5 heteroatoms. The predicted octanol–water partition coefficient (Wildman–Crippen LogP) is 3.16. The van der Waals surface area contributed by atoms with Crippen LogP contribution in [-0.2, 0) is 4.79 Å². The summed E-state index contributed by atoms with van der Waals surface area (Å²) in [7, 11) is 0. The van der Waals surface area contributed by atoms with Gasteiger partial charge in [-0.2, -0.15) is 0 Å². The molecular weight excluding hydrogens is 258 g/mol. The zero-order valence-corrected chi connectivity index (χ0v) is 12.5. The number of carboxylic acids is 1. The van der Waals surface area contributed by atoms with Crippen molar-refractivity contribution in [1.82, 2.24) is 0 Å². The van der Waals surface area contributed by atoms with Crippen LogP contribution in [0.1, 0.15) is 45.0 Å². The maximum Gasteiger partial charge on any atom is 0.341 e. The average molecular weight is 279 g/mol. The topological polar surface area (TPSA) is 75.6 Å². The Morgan fingerprint density at radius 1 is 1.25 bits per heavy atom. The summed E-state index contributed by atoms with van der Waals surface area (Å²) in [5.41, 5.74) is -0.389. The maximum atomic E-state index is 12.0. The number of anilines is 1. The normalized spacial score (nSPS) is 11.3. The molecule has 0 saturated carbocycles. The number of aromatic carboxylic acids is 1. The lowest BCUT2D eigenvalue weighted by Crippen LogP contribution is -2.28. The van der Waals surface area contributed by atoms with Crippen LogP contribution in [0, 0.1) is 5.41 Å². The Balaban J connectivity index is 3.20. The Bertz CT molecular complexity index is 515. The summed E-state index contributed by atoms with van der Waals surface area (Å²) in [5.74, 6) is -1.13.